The van der Waals surface area contributed by atoms with E-state index >= 15 is 8.78 Å². The van der Waals surface area contributed by atoms with E-state index < -0.39 is 50.9 Å². The second-order valence-electron chi connectivity index (χ2n) is 10.3. The number of hydrogen-bond donors (Lipinski definition) is 1. The molecule has 3 aromatic heterocycles. The van der Waals surface area contributed by atoms with E-state index in [-0.39, 0.29) is 54.9 Å². The molecule has 0 atom stereocenters. The van der Waals surface area contributed by atoms with Crippen molar-refractivity contribution in [3.8, 4) is 16.9 Å². The molecule has 2 N–H and O–H groups in total. The lowest BCUT2D eigenvalue weighted by Gasteiger charge is -2.35. The molecule has 224 valence electrons. The maximum absolute atomic E-state index is 15.9. The van der Waals surface area contributed by atoms with Gasteiger partial charge in [-0.25, -0.2) is 31.9 Å². The van der Waals surface area contributed by atoms with Crippen LogP contribution in [0.2, 0.25) is 5.02 Å². The van der Waals surface area contributed by atoms with Crippen molar-refractivity contribution in [1.82, 2.24) is 24.4 Å². The lowest BCUT2D eigenvalue weighted by atomic mass is 10.0. The maximum atomic E-state index is 15.9. The van der Waals surface area contributed by atoms with Crippen LogP contribution >= 0.6 is 11.6 Å². The molecule has 5 rings (SSSR count). The predicted molar refractivity (Wildman–Crippen MR) is 155 cm³/mol. The fourth-order valence-electron chi connectivity index (χ4n) is 5.14. The molecule has 1 amide bonds. The van der Waals surface area contributed by atoms with E-state index in [4.69, 9.17) is 17.3 Å². The van der Waals surface area contributed by atoms with Gasteiger partial charge in [0.05, 0.1) is 33.0 Å². The Bertz CT molecular complexity index is 1840. The molecule has 1 saturated heterocycles. The lowest BCUT2D eigenvalue weighted by Crippen LogP contribution is -2.49. The van der Waals surface area contributed by atoms with Gasteiger partial charge in [0.15, 0.2) is 28.9 Å². The molecule has 0 bridgehead atoms. The molecule has 9 nitrogen and oxygen atoms in total. The Labute approximate surface area is 248 Å². The summed E-state index contributed by atoms with van der Waals surface area (Å²) in [6.45, 7) is 10.0. The van der Waals surface area contributed by atoms with Crippen molar-refractivity contribution in [2.75, 3.05) is 36.8 Å². The third kappa shape index (κ3) is 4.97. The number of nitrogen functional groups attached to an aromatic ring is 1. The number of carbonyl (C=O) groups excluding carboxylic acids is 1. The molecule has 0 saturated carbocycles. The van der Waals surface area contributed by atoms with Crippen LogP contribution in [0.4, 0.5) is 29.1 Å². The minimum absolute atomic E-state index is 0.0643. The zero-order valence-electron chi connectivity index (χ0n) is 23.4. The zero-order chi connectivity index (χ0) is 31.3. The van der Waals surface area contributed by atoms with Crippen molar-refractivity contribution in [3.05, 3.63) is 81.0 Å². The number of benzene rings is 1. The number of nitrogens with two attached hydrogens (primary N) is 1. The summed E-state index contributed by atoms with van der Waals surface area (Å²) in [7, 11) is 0. The van der Waals surface area contributed by atoms with Gasteiger partial charge in [-0.1, -0.05) is 32.0 Å². The fraction of sp³-hybridized carbons (Fsp3) is 0.276. The summed E-state index contributed by atoms with van der Waals surface area (Å²) in [4.78, 5) is 42.2. The Morgan fingerprint density at radius 2 is 1.77 bits per heavy atom. The number of pyridine rings is 2. The molecule has 1 aromatic carbocycles. The molecule has 0 aliphatic carbocycles. The molecule has 4 heterocycles. The highest BCUT2D eigenvalue weighted by Gasteiger charge is 2.30. The Balaban J connectivity index is 1.85. The molecule has 0 radical (unpaired) electrons. The van der Waals surface area contributed by atoms with E-state index in [9.17, 15) is 18.4 Å². The highest BCUT2D eigenvalue weighted by Crippen LogP contribution is 2.40. The summed E-state index contributed by atoms with van der Waals surface area (Å²) < 4.78 is 60.7. The van der Waals surface area contributed by atoms with Crippen LogP contribution in [-0.4, -0.2) is 56.5 Å². The molecular weight excluding hydrogens is 590 g/mol. The van der Waals surface area contributed by atoms with Crippen LogP contribution in [0.25, 0.3) is 28.0 Å². The average Bonchev–Trinajstić information content (AvgIpc) is 2.99. The standard InChI is InChI=1S/C29H26ClF4N7O2/c1-5-17(42)39-8-10-40(11-9-39)27-15-12-16(31)25(18-19(30)23(35)22(34)21(33)20(18)32)37-28(15)41(29(43)38-27)26-14(4)6-7-36-24(26)13(2)3/h5-7,12-13H,1,8-11,35H2,2-4H3. The first kappa shape index (κ1) is 30.0. The summed E-state index contributed by atoms with van der Waals surface area (Å²) in [5, 5.41) is -0.719. The van der Waals surface area contributed by atoms with Gasteiger partial charge in [0.2, 0.25) is 5.91 Å². The fourth-order valence-corrected chi connectivity index (χ4v) is 5.39. The van der Waals surface area contributed by atoms with E-state index in [0.29, 0.717) is 16.9 Å². The SMILES string of the molecule is C=CC(=O)N1CCN(c2nc(=O)n(-c3c(C)ccnc3C(C)C)c3nc(-c4c(F)c(F)c(F)c(N)c4Cl)c(F)cc23)CC1. The molecular formula is C29H26ClF4N7O2. The molecule has 4 aromatic rings. The van der Waals surface area contributed by atoms with Gasteiger partial charge < -0.3 is 15.5 Å². The van der Waals surface area contributed by atoms with Crippen molar-refractivity contribution in [2.45, 2.75) is 26.7 Å². The van der Waals surface area contributed by atoms with Crippen molar-refractivity contribution in [3.63, 3.8) is 0 Å². The van der Waals surface area contributed by atoms with Gasteiger partial charge in [0.1, 0.15) is 11.5 Å². The molecule has 0 spiro atoms. The van der Waals surface area contributed by atoms with Crippen LogP contribution in [0, 0.1) is 30.2 Å². The molecule has 14 heteroatoms. The average molecular weight is 616 g/mol. The second-order valence-corrected chi connectivity index (χ2v) is 10.7. The van der Waals surface area contributed by atoms with Gasteiger partial charge in [-0.2, -0.15) is 4.98 Å². The summed E-state index contributed by atoms with van der Waals surface area (Å²) >= 11 is 6.10. The lowest BCUT2D eigenvalue weighted by molar-refractivity contribution is -0.126. The van der Waals surface area contributed by atoms with Crippen LogP contribution < -0.4 is 16.3 Å². The van der Waals surface area contributed by atoms with Crippen LogP contribution in [-0.2, 0) is 4.79 Å². The van der Waals surface area contributed by atoms with Crippen molar-refractivity contribution < 1.29 is 22.4 Å². The number of carbonyl (C=O) groups is 1. The van der Waals surface area contributed by atoms with Crippen molar-refractivity contribution >= 4 is 40.0 Å². The van der Waals surface area contributed by atoms with Crippen LogP contribution in [0.3, 0.4) is 0 Å². The zero-order valence-corrected chi connectivity index (χ0v) is 24.1. The number of anilines is 2. The topological polar surface area (TPSA) is 110 Å². The Morgan fingerprint density at radius 3 is 2.40 bits per heavy atom. The predicted octanol–water partition coefficient (Wildman–Crippen LogP) is 4.90. The Morgan fingerprint density at radius 1 is 1.09 bits per heavy atom. The van der Waals surface area contributed by atoms with Gasteiger partial charge in [-0.3, -0.25) is 9.78 Å². The molecule has 0 unspecified atom stereocenters. The Hall–Kier alpha value is -4.52. The first-order chi connectivity index (χ1) is 20.4. The van der Waals surface area contributed by atoms with Crippen molar-refractivity contribution in [1.29, 1.82) is 0 Å². The van der Waals surface area contributed by atoms with Crippen LogP contribution in [0.5, 0.6) is 0 Å². The summed E-state index contributed by atoms with van der Waals surface area (Å²) in [6.07, 6.45) is 2.77. The van der Waals surface area contributed by atoms with Crippen molar-refractivity contribution in [2.24, 2.45) is 0 Å². The first-order valence-electron chi connectivity index (χ1n) is 13.2. The molecule has 43 heavy (non-hydrogen) atoms. The number of amides is 1. The Kier molecular flexibility index (Phi) is 7.86. The minimum Gasteiger partial charge on any atom is -0.395 e. The van der Waals surface area contributed by atoms with E-state index in [1.54, 1.807) is 29.0 Å². The van der Waals surface area contributed by atoms with Gasteiger partial charge in [0, 0.05) is 32.4 Å². The number of hydrogen-bond acceptors (Lipinski definition) is 7. The number of aryl methyl sites for hydroxylation is 1. The number of rotatable bonds is 5. The first-order valence-corrected chi connectivity index (χ1v) is 13.6. The van der Waals surface area contributed by atoms with E-state index in [1.807, 2.05) is 13.8 Å². The van der Waals surface area contributed by atoms with E-state index in [1.165, 1.54) is 6.08 Å². The van der Waals surface area contributed by atoms with Crippen LogP contribution in [0.15, 0.2) is 35.8 Å². The van der Waals surface area contributed by atoms with Gasteiger partial charge in [-0.05, 0) is 36.6 Å². The maximum Gasteiger partial charge on any atom is 0.355 e. The van der Waals surface area contributed by atoms with Gasteiger partial charge in [0.25, 0.3) is 0 Å². The molecule has 1 aliphatic heterocycles. The summed E-state index contributed by atoms with van der Waals surface area (Å²) in [6, 6.07) is 2.64. The minimum atomic E-state index is -1.96. The number of aromatic nitrogens is 4. The number of halogens is 5. The molecule has 1 aliphatic rings. The quantitative estimate of drug-likeness (QED) is 0.112. The second kappa shape index (κ2) is 11.3. The summed E-state index contributed by atoms with van der Waals surface area (Å²) in [5.74, 6) is -6.99. The van der Waals surface area contributed by atoms with Gasteiger partial charge >= 0.3 is 5.69 Å². The number of fused-ring (bicyclic) bond motifs is 1. The smallest absolute Gasteiger partial charge is 0.355 e. The third-order valence-electron chi connectivity index (χ3n) is 7.33. The normalized spacial score (nSPS) is 13.7. The third-order valence-corrected chi connectivity index (χ3v) is 7.72. The van der Waals surface area contributed by atoms with E-state index in [2.05, 4.69) is 21.5 Å². The monoisotopic (exact) mass is 615 g/mol. The number of nitrogens with zero attached hydrogens (tertiary/aromatic N) is 6. The highest BCUT2D eigenvalue weighted by molar-refractivity contribution is 6.35. The summed E-state index contributed by atoms with van der Waals surface area (Å²) in [5.41, 5.74) is 3.42. The highest BCUT2D eigenvalue weighted by atomic mass is 35.5. The van der Waals surface area contributed by atoms with Gasteiger partial charge in [-0.15, -0.1) is 0 Å². The largest absolute Gasteiger partial charge is 0.395 e. The van der Waals surface area contributed by atoms with Crippen LogP contribution in [0.1, 0.15) is 31.0 Å². The molecule has 1 fully saturated rings. The number of piperazine rings is 1. The van der Waals surface area contributed by atoms with E-state index in [0.717, 1.165) is 10.6 Å².